The van der Waals surface area contributed by atoms with Crippen molar-refractivity contribution in [2.45, 2.75) is 32.6 Å². The third kappa shape index (κ3) is 8.03. The zero-order valence-corrected chi connectivity index (χ0v) is 25.7. The number of amides is 2. The molecule has 3 aliphatic rings. The maximum atomic E-state index is 12.2. The molecule has 11 nitrogen and oxygen atoms in total. The van der Waals surface area contributed by atoms with Crippen LogP contribution in [0.2, 0.25) is 0 Å². The van der Waals surface area contributed by atoms with Gasteiger partial charge in [0.05, 0.1) is 61.8 Å². The van der Waals surface area contributed by atoms with Crippen molar-refractivity contribution in [1.29, 1.82) is 0 Å². The van der Waals surface area contributed by atoms with Gasteiger partial charge in [-0.25, -0.2) is 14.8 Å². The number of carbonyl (C=O) groups excluding carboxylic acids is 1. The van der Waals surface area contributed by atoms with Gasteiger partial charge in [0.25, 0.3) is 0 Å². The molecule has 2 aromatic rings. The van der Waals surface area contributed by atoms with Crippen LogP contribution in [0.1, 0.15) is 32.6 Å². The average Bonchev–Trinajstić information content (AvgIpc) is 2.96. The van der Waals surface area contributed by atoms with E-state index in [0.29, 0.717) is 72.2 Å². The molecule has 43 heavy (non-hydrogen) atoms. The van der Waals surface area contributed by atoms with Crippen molar-refractivity contribution in [1.82, 2.24) is 20.2 Å². The number of nitrogens with zero attached hydrogens (tertiary/aromatic N) is 4. The van der Waals surface area contributed by atoms with Crippen LogP contribution in [0.15, 0.2) is 46.9 Å². The van der Waals surface area contributed by atoms with Gasteiger partial charge in [-0.3, -0.25) is 0 Å². The number of urea groups is 1. The van der Waals surface area contributed by atoms with E-state index in [1.807, 2.05) is 13.0 Å². The maximum absolute atomic E-state index is 12.2. The highest BCUT2D eigenvalue weighted by atomic mass is 35.5. The minimum absolute atomic E-state index is 0.228. The molecule has 3 saturated heterocycles. The highest BCUT2D eigenvalue weighted by Crippen LogP contribution is 2.38. The summed E-state index contributed by atoms with van der Waals surface area (Å²) in [6.45, 7) is 13.3. The summed E-state index contributed by atoms with van der Waals surface area (Å²) in [4.78, 5) is 27.5. The minimum Gasteiger partial charge on any atom is -0.493 e. The lowest BCUT2D eigenvalue weighted by Crippen LogP contribution is -2.51. The molecule has 0 bridgehead atoms. The first kappa shape index (κ1) is 31.2. The molecule has 12 heteroatoms. The summed E-state index contributed by atoms with van der Waals surface area (Å²) < 4.78 is 28.2. The van der Waals surface area contributed by atoms with Crippen LogP contribution < -0.4 is 19.5 Å². The van der Waals surface area contributed by atoms with Crippen molar-refractivity contribution in [3.05, 3.63) is 41.9 Å². The first-order chi connectivity index (χ1) is 20.9. The predicted molar refractivity (Wildman–Crippen MR) is 164 cm³/mol. The normalized spacial score (nSPS) is 19.0. The Morgan fingerprint density at radius 1 is 1.23 bits per heavy atom. The zero-order chi connectivity index (χ0) is 30.2. The second-order valence-electron chi connectivity index (χ2n) is 11.3. The average molecular weight is 614 g/mol. The standard InChI is InChI=1S/C31H40ClN5O6/c1-4-25(36-30(38)33-15-22-16-40-17-22)24(32)12-21(2)43-29-23-13-27(39-3)28(14-26(23)34-20-35-29)42-11-5-8-37-9-6-31(7-10-37)18-41-19-31/h12-14,20,22H,2,4-11,15-19H2,1,3H3,(H,33,38)/b24-12+,36-25?. The fourth-order valence-corrected chi connectivity index (χ4v) is 5.57. The summed E-state index contributed by atoms with van der Waals surface area (Å²) in [6, 6.07) is 3.17. The lowest BCUT2D eigenvalue weighted by molar-refractivity contribution is -0.139. The molecule has 0 atom stereocenters. The van der Waals surface area contributed by atoms with Crippen molar-refractivity contribution in [3.8, 4) is 17.4 Å². The number of piperidine rings is 1. The van der Waals surface area contributed by atoms with Crippen LogP contribution in [0.25, 0.3) is 10.9 Å². The molecule has 4 heterocycles. The third-order valence-electron chi connectivity index (χ3n) is 8.11. The lowest BCUT2D eigenvalue weighted by atomic mass is 9.77. The van der Waals surface area contributed by atoms with Gasteiger partial charge in [0.2, 0.25) is 5.88 Å². The van der Waals surface area contributed by atoms with E-state index in [4.69, 9.17) is 35.3 Å². The summed E-state index contributed by atoms with van der Waals surface area (Å²) in [5, 5.41) is 3.66. The van der Waals surface area contributed by atoms with Gasteiger partial charge < -0.3 is 33.9 Å². The van der Waals surface area contributed by atoms with Gasteiger partial charge in [-0.2, -0.15) is 4.99 Å². The van der Waals surface area contributed by atoms with Crippen LogP contribution in [0.5, 0.6) is 17.4 Å². The van der Waals surface area contributed by atoms with Crippen molar-refractivity contribution < 1.29 is 28.5 Å². The Morgan fingerprint density at radius 3 is 2.67 bits per heavy atom. The SMILES string of the molecule is C=C(/C=C(/Cl)C(CC)=NC(=O)NCC1COC1)Oc1ncnc2cc(OCCCN3CCC4(CC3)COC4)c(OC)cc12. The first-order valence-corrected chi connectivity index (χ1v) is 15.2. The fraction of sp³-hybridized carbons (Fsp3) is 0.548. The molecule has 5 rings (SSSR count). The number of methoxy groups -OCH3 is 1. The molecule has 0 radical (unpaired) electrons. The molecular formula is C31H40ClN5O6. The Balaban J connectivity index is 1.17. The van der Waals surface area contributed by atoms with Crippen molar-refractivity contribution >= 4 is 34.2 Å². The monoisotopic (exact) mass is 613 g/mol. The number of fused-ring (bicyclic) bond motifs is 1. The van der Waals surface area contributed by atoms with Crippen LogP contribution in [-0.4, -0.2) is 92.9 Å². The maximum Gasteiger partial charge on any atom is 0.341 e. The number of hydrogen-bond acceptors (Lipinski definition) is 9. The molecular weight excluding hydrogens is 574 g/mol. The van der Waals surface area contributed by atoms with Gasteiger partial charge in [-0.15, -0.1) is 0 Å². The largest absolute Gasteiger partial charge is 0.493 e. The number of halogens is 1. The van der Waals surface area contributed by atoms with E-state index >= 15 is 0 Å². The summed E-state index contributed by atoms with van der Waals surface area (Å²) in [5.41, 5.74) is 1.50. The number of hydrogen-bond donors (Lipinski definition) is 1. The molecule has 0 unspecified atom stereocenters. The van der Waals surface area contributed by atoms with E-state index in [2.05, 4.69) is 31.8 Å². The second-order valence-corrected chi connectivity index (χ2v) is 11.7. The quantitative estimate of drug-likeness (QED) is 0.148. The van der Waals surface area contributed by atoms with E-state index in [1.54, 1.807) is 13.2 Å². The Hall–Kier alpha value is -3.25. The number of allylic oxidation sites excluding steroid dienone is 2. The number of aromatic nitrogens is 2. The van der Waals surface area contributed by atoms with Crippen LogP contribution in [0, 0.1) is 11.3 Å². The molecule has 0 aliphatic carbocycles. The Morgan fingerprint density at radius 2 is 2.02 bits per heavy atom. The molecule has 1 spiro atoms. The molecule has 232 valence electrons. The minimum atomic E-state index is -0.447. The number of ether oxygens (including phenoxy) is 5. The van der Waals surface area contributed by atoms with Gasteiger partial charge in [0, 0.05) is 36.6 Å². The number of carbonyl (C=O) groups is 1. The molecule has 1 aromatic heterocycles. The third-order valence-corrected chi connectivity index (χ3v) is 8.43. The van der Waals surface area contributed by atoms with E-state index < -0.39 is 6.03 Å². The van der Waals surface area contributed by atoms with Crippen LogP contribution in [-0.2, 0) is 9.47 Å². The van der Waals surface area contributed by atoms with Crippen molar-refractivity contribution in [3.63, 3.8) is 0 Å². The fourth-order valence-electron chi connectivity index (χ4n) is 5.27. The topological polar surface area (TPSA) is 117 Å². The summed E-state index contributed by atoms with van der Waals surface area (Å²) >= 11 is 6.48. The van der Waals surface area contributed by atoms with Gasteiger partial charge in [0.1, 0.15) is 12.1 Å². The van der Waals surface area contributed by atoms with Gasteiger partial charge in [-0.05, 0) is 44.8 Å². The molecule has 3 fully saturated rings. The molecule has 2 amide bonds. The van der Waals surface area contributed by atoms with E-state index in [9.17, 15) is 4.79 Å². The molecule has 1 aromatic carbocycles. The summed E-state index contributed by atoms with van der Waals surface area (Å²) in [7, 11) is 1.59. The zero-order valence-electron chi connectivity index (χ0n) is 24.9. The Labute approximate surface area is 257 Å². The molecule has 0 saturated carbocycles. The number of nitrogens with one attached hydrogen (secondary N) is 1. The lowest BCUT2D eigenvalue weighted by Gasteiger charge is -2.47. The predicted octanol–water partition coefficient (Wildman–Crippen LogP) is 4.74. The molecule has 1 N–H and O–H groups in total. The Kier molecular flexibility index (Phi) is 10.5. The summed E-state index contributed by atoms with van der Waals surface area (Å²) in [6.07, 6.45) is 6.72. The smallest absolute Gasteiger partial charge is 0.341 e. The highest BCUT2D eigenvalue weighted by Gasteiger charge is 2.40. The number of benzene rings is 1. The Bertz CT molecular complexity index is 1360. The van der Waals surface area contributed by atoms with Crippen molar-refractivity contribution in [2.75, 3.05) is 66.3 Å². The van der Waals surface area contributed by atoms with Gasteiger partial charge in [-0.1, -0.05) is 25.1 Å². The van der Waals surface area contributed by atoms with Crippen LogP contribution in [0.3, 0.4) is 0 Å². The number of rotatable bonds is 13. The summed E-state index contributed by atoms with van der Waals surface area (Å²) in [5.74, 6) is 2.00. The van der Waals surface area contributed by atoms with E-state index in [1.165, 1.54) is 25.2 Å². The van der Waals surface area contributed by atoms with Gasteiger partial charge in [0.15, 0.2) is 11.5 Å². The molecule has 3 aliphatic heterocycles. The van der Waals surface area contributed by atoms with E-state index in [-0.39, 0.29) is 16.7 Å². The second kappa shape index (κ2) is 14.5. The number of aliphatic imine (C=N–C) groups is 1. The number of likely N-dealkylation sites (tertiary alicyclic amines) is 1. The van der Waals surface area contributed by atoms with Crippen LogP contribution in [0.4, 0.5) is 4.79 Å². The van der Waals surface area contributed by atoms with Gasteiger partial charge >= 0.3 is 6.03 Å². The van der Waals surface area contributed by atoms with E-state index in [0.717, 1.165) is 39.3 Å². The van der Waals surface area contributed by atoms with Crippen LogP contribution >= 0.6 is 11.6 Å². The van der Waals surface area contributed by atoms with Crippen molar-refractivity contribution in [2.24, 2.45) is 16.3 Å². The first-order valence-electron chi connectivity index (χ1n) is 14.8. The highest BCUT2D eigenvalue weighted by molar-refractivity contribution is 6.44.